The average molecular weight is 293 g/mol. The molecule has 0 N–H and O–H groups in total. The Kier molecular flexibility index (Phi) is 3.81. The topological polar surface area (TPSA) is 57.9 Å². The second-order valence-electron chi connectivity index (χ2n) is 4.10. The first-order chi connectivity index (χ1) is 9.44. The molecule has 0 saturated heterocycles. The summed E-state index contributed by atoms with van der Waals surface area (Å²) in [6.45, 7) is 0. The van der Waals surface area contributed by atoms with Crippen molar-refractivity contribution in [3.8, 4) is 6.07 Å². The van der Waals surface area contributed by atoms with Crippen LogP contribution in [0.1, 0.15) is 11.1 Å². The van der Waals surface area contributed by atoms with Crippen LogP contribution in [0, 0.1) is 23.0 Å². The van der Waals surface area contributed by atoms with Crippen LogP contribution >= 0.6 is 0 Å². The molecule has 102 valence electrons. The quantitative estimate of drug-likeness (QED) is 0.818. The molecule has 0 heterocycles. The van der Waals surface area contributed by atoms with E-state index in [0.717, 1.165) is 24.3 Å². The van der Waals surface area contributed by atoms with E-state index >= 15 is 0 Å². The summed E-state index contributed by atoms with van der Waals surface area (Å²) in [5, 5.41) is 8.71. The highest BCUT2D eigenvalue weighted by atomic mass is 32.2. The fraction of sp³-hybridized carbons (Fsp3) is 0.0714. The molecule has 2 aromatic carbocycles. The second kappa shape index (κ2) is 5.39. The summed E-state index contributed by atoms with van der Waals surface area (Å²) < 4.78 is 50.8. The summed E-state index contributed by atoms with van der Waals surface area (Å²) in [6, 6.07) is 9.92. The van der Waals surface area contributed by atoms with Crippen molar-refractivity contribution in [3.05, 3.63) is 65.2 Å². The third-order valence-corrected chi connectivity index (χ3v) is 4.40. The zero-order chi connectivity index (χ0) is 14.8. The molecular formula is C14H9F2NO2S. The Labute approximate surface area is 115 Å². The van der Waals surface area contributed by atoms with Crippen LogP contribution in [0.4, 0.5) is 8.78 Å². The number of sulfone groups is 1. The summed E-state index contributed by atoms with van der Waals surface area (Å²) >= 11 is 0. The van der Waals surface area contributed by atoms with Crippen molar-refractivity contribution in [2.45, 2.75) is 10.6 Å². The van der Waals surface area contributed by atoms with Crippen molar-refractivity contribution in [1.29, 1.82) is 5.26 Å². The number of rotatable bonds is 3. The van der Waals surface area contributed by atoms with Gasteiger partial charge in [0.15, 0.2) is 9.84 Å². The highest BCUT2D eigenvalue weighted by molar-refractivity contribution is 7.90. The first kappa shape index (κ1) is 14.2. The Morgan fingerprint density at radius 2 is 1.70 bits per heavy atom. The van der Waals surface area contributed by atoms with Gasteiger partial charge in [0.1, 0.15) is 17.7 Å². The molecule has 0 aliphatic heterocycles. The molecule has 0 bridgehead atoms. The highest BCUT2D eigenvalue weighted by Gasteiger charge is 2.19. The van der Waals surface area contributed by atoms with Gasteiger partial charge in [-0.1, -0.05) is 12.1 Å². The smallest absolute Gasteiger partial charge is 0.182 e. The molecule has 0 aromatic heterocycles. The van der Waals surface area contributed by atoms with Gasteiger partial charge < -0.3 is 0 Å². The van der Waals surface area contributed by atoms with Crippen molar-refractivity contribution in [2.24, 2.45) is 0 Å². The molecule has 0 unspecified atom stereocenters. The van der Waals surface area contributed by atoms with Crippen molar-refractivity contribution in [2.75, 3.05) is 0 Å². The lowest BCUT2D eigenvalue weighted by Crippen LogP contribution is -2.07. The van der Waals surface area contributed by atoms with Gasteiger partial charge in [-0.2, -0.15) is 5.26 Å². The molecule has 0 saturated carbocycles. The third kappa shape index (κ3) is 2.83. The van der Waals surface area contributed by atoms with Crippen molar-refractivity contribution < 1.29 is 17.2 Å². The van der Waals surface area contributed by atoms with Gasteiger partial charge in [0.25, 0.3) is 0 Å². The van der Waals surface area contributed by atoms with Crippen molar-refractivity contribution in [1.82, 2.24) is 0 Å². The molecule has 0 amide bonds. The highest BCUT2D eigenvalue weighted by Crippen LogP contribution is 2.20. The van der Waals surface area contributed by atoms with Crippen LogP contribution in [0.2, 0.25) is 0 Å². The Bertz CT molecular complexity index is 778. The SMILES string of the molecule is N#Cc1cccc(CS(=O)(=O)c2ccc(F)cc2)c1F. The van der Waals surface area contributed by atoms with E-state index < -0.39 is 27.2 Å². The minimum Gasteiger partial charge on any atom is -0.223 e. The maximum atomic E-state index is 13.8. The summed E-state index contributed by atoms with van der Waals surface area (Å²) in [6.07, 6.45) is 0. The largest absolute Gasteiger partial charge is 0.223 e. The van der Waals surface area contributed by atoms with E-state index in [0.29, 0.717) is 0 Å². The molecule has 0 spiro atoms. The van der Waals surface area contributed by atoms with E-state index in [2.05, 4.69) is 0 Å². The monoisotopic (exact) mass is 293 g/mol. The van der Waals surface area contributed by atoms with Crippen LogP contribution in [0.5, 0.6) is 0 Å². The van der Waals surface area contributed by atoms with Crippen LogP contribution < -0.4 is 0 Å². The van der Waals surface area contributed by atoms with Gasteiger partial charge in [-0.15, -0.1) is 0 Å². The minimum atomic E-state index is -3.79. The van der Waals surface area contributed by atoms with Crippen LogP contribution in [0.3, 0.4) is 0 Å². The Morgan fingerprint density at radius 1 is 1.05 bits per heavy atom. The summed E-state index contributed by atoms with van der Waals surface area (Å²) in [4.78, 5) is -0.0966. The van der Waals surface area contributed by atoms with Gasteiger partial charge >= 0.3 is 0 Å². The van der Waals surface area contributed by atoms with E-state index in [1.165, 1.54) is 18.2 Å². The van der Waals surface area contributed by atoms with E-state index in [1.807, 2.05) is 0 Å². The molecule has 0 aliphatic carbocycles. The van der Waals surface area contributed by atoms with Crippen LogP contribution in [0.25, 0.3) is 0 Å². The predicted octanol–water partition coefficient (Wildman–Crippen LogP) is 2.81. The molecule has 3 nitrogen and oxygen atoms in total. The number of nitriles is 1. The molecule has 0 atom stereocenters. The average Bonchev–Trinajstić information content (AvgIpc) is 2.41. The third-order valence-electron chi connectivity index (χ3n) is 2.72. The normalized spacial score (nSPS) is 11.1. The number of nitrogens with zero attached hydrogens (tertiary/aromatic N) is 1. The molecule has 0 radical (unpaired) electrons. The molecule has 0 fully saturated rings. The van der Waals surface area contributed by atoms with Crippen molar-refractivity contribution in [3.63, 3.8) is 0 Å². The minimum absolute atomic E-state index is 0.0895. The maximum Gasteiger partial charge on any atom is 0.182 e. The molecule has 0 aliphatic rings. The lowest BCUT2D eigenvalue weighted by molar-refractivity contribution is 0.585. The molecule has 20 heavy (non-hydrogen) atoms. The molecule has 2 rings (SSSR count). The zero-order valence-corrected chi connectivity index (χ0v) is 11.0. The van der Waals surface area contributed by atoms with Gasteiger partial charge in [-0.05, 0) is 30.3 Å². The van der Waals surface area contributed by atoms with E-state index in [-0.39, 0.29) is 16.0 Å². The fourth-order valence-electron chi connectivity index (χ4n) is 1.71. The first-order valence-electron chi connectivity index (χ1n) is 5.60. The van der Waals surface area contributed by atoms with Crippen LogP contribution in [0.15, 0.2) is 47.4 Å². The first-order valence-corrected chi connectivity index (χ1v) is 7.25. The van der Waals surface area contributed by atoms with Gasteiger partial charge in [-0.25, -0.2) is 17.2 Å². The number of hydrogen-bond donors (Lipinski definition) is 0. The Balaban J connectivity index is 2.39. The van der Waals surface area contributed by atoms with Crippen molar-refractivity contribution >= 4 is 9.84 Å². The van der Waals surface area contributed by atoms with Gasteiger partial charge in [-0.3, -0.25) is 0 Å². The standard InChI is InChI=1S/C14H9F2NO2S/c15-12-4-6-13(7-5-12)20(18,19)9-11-3-1-2-10(8-17)14(11)16/h1-7H,9H2. The summed E-state index contributed by atoms with van der Waals surface area (Å²) in [5.41, 5.74) is -0.301. The second-order valence-corrected chi connectivity index (χ2v) is 6.09. The van der Waals surface area contributed by atoms with Gasteiger partial charge in [0.05, 0.1) is 16.2 Å². The lowest BCUT2D eigenvalue weighted by Gasteiger charge is -2.06. The predicted molar refractivity (Wildman–Crippen MR) is 68.4 cm³/mol. The number of hydrogen-bond acceptors (Lipinski definition) is 3. The zero-order valence-electron chi connectivity index (χ0n) is 10.2. The summed E-state index contributed by atoms with van der Waals surface area (Å²) in [7, 11) is -3.79. The Morgan fingerprint density at radius 3 is 2.30 bits per heavy atom. The lowest BCUT2D eigenvalue weighted by atomic mass is 10.1. The number of halogens is 2. The maximum absolute atomic E-state index is 13.8. The Hall–Kier alpha value is -2.26. The fourth-order valence-corrected chi connectivity index (χ4v) is 3.06. The van der Waals surface area contributed by atoms with Gasteiger partial charge in [0.2, 0.25) is 0 Å². The van der Waals surface area contributed by atoms with E-state index in [4.69, 9.17) is 5.26 Å². The molecule has 2 aromatic rings. The van der Waals surface area contributed by atoms with Gasteiger partial charge in [0, 0.05) is 5.56 Å². The summed E-state index contributed by atoms with van der Waals surface area (Å²) in [5.74, 6) is -1.98. The number of benzene rings is 2. The van der Waals surface area contributed by atoms with E-state index in [9.17, 15) is 17.2 Å². The molecular weight excluding hydrogens is 284 g/mol. The molecule has 6 heteroatoms. The van der Waals surface area contributed by atoms with Crippen LogP contribution in [-0.2, 0) is 15.6 Å². The van der Waals surface area contributed by atoms with E-state index in [1.54, 1.807) is 6.07 Å². The van der Waals surface area contributed by atoms with Crippen LogP contribution in [-0.4, -0.2) is 8.42 Å².